The predicted molar refractivity (Wildman–Crippen MR) is 85.8 cm³/mol. The van der Waals surface area contributed by atoms with Gasteiger partial charge in [0.25, 0.3) is 5.91 Å². The number of nitrogens with zero attached hydrogens (tertiary/aromatic N) is 3. The van der Waals surface area contributed by atoms with Crippen LogP contribution in [0.3, 0.4) is 0 Å². The zero-order valence-electron chi connectivity index (χ0n) is 13.8. The number of hydrogen-bond donors (Lipinski definition) is 1. The minimum Gasteiger partial charge on any atom is -0.337 e. The topological polar surface area (TPSA) is 88.3 Å². The van der Waals surface area contributed by atoms with Gasteiger partial charge in [0.2, 0.25) is 5.89 Å². The fraction of sp³-hybridized carbons (Fsp3) is 0.412. The third kappa shape index (κ3) is 2.66. The Bertz CT molecular complexity index is 743. The van der Waals surface area contributed by atoms with Crippen molar-refractivity contribution >= 4 is 11.9 Å². The second-order valence-corrected chi connectivity index (χ2v) is 5.80. The monoisotopic (exact) mass is 328 g/mol. The van der Waals surface area contributed by atoms with Crippen molar-refractivity contribution in [1.29, 1.82) is 0 Å². The van der Waals surface area contributed by atoms with Gasteiger partial charge in [-0.2, -0.15) is 4.98 Å². The first kappa shape index (κ1) is 16.2. The first-order valence-electron chi connectivity index (χ1n) is 8.11. The number of aromatic nitrogens is 2. The molecule has 1 saturated heterocycles. The van der Waals surface area contributed by atoms with Crippen LogP contribution >= 0.6 is 0 Å². The normalized spacial score (nSPS) is 20.5. The van der Waals surface area contributed by atoms with Gasteiger partial charge in [-0.3, -0.25) is 9.69 Å². The summed E-state index contributed by atoms with van der Waals surface area (Å²) in [5, 5.41) is 6.69. The highest BCUT2D eigenvalue weighted by Crippen LogP contribution is 2.32. The fourth-order valence-electron chi connectivity index (χ4n) is 2.95. The summed E-state index contributed by atoms with van der Waals surface area (Å²) in [6.45, 7) is 3.87. The molecule has 0 spiro atoms. The Balaban J connectivity index is 1.85. The van der Waals surface area contributed by atoms with E-state index >= 15 is 0 Å². The molecule has 1 fully saturated rings. The summed E-state index contributed by atoms with van der Waals surface area (Å²) in [5.41, 5.74) is -0.268. The Hall–Kier alpha value is -2.70. The Morgan fingerprint density at radius 3 is 2.62 bits per heavy atom. The number of hydrogen-bond acceptors (Lipinski definition) is 5. The van der Waals surface area contributed by atoms with E-state index in [0.717, 1.165) is 16.9 Å². The van der Waals surface area contributed by atoms with Crippen molar-refractivity contribution in [2.45, 2.75) is 45.2 Å². The molecule has 0 unspecified atom stereocenters. The molecular formula is C17H20N4O3. The molecule has 1 aliphatic rings. The van der Waals surface area contributed by atoms with Crippen LogP contribution in [0, 0.1) is 0 Å². The molecule has 1 aromatic heterocycles. The number of nitrogens with one attached hydrogen (secondary N) is 1. The summed E-state index contributed by atoms with van der Waals surface area (Å²) in [7, 11) is 0. The van der Waals surface area contributed by atoms with E-state index in [4.69, 9.17) is 4.52 Å². The van der Waals surface area contributed by atoms with Crippen LogP contribution in [0.4, 0.5) is 4.79 Å². The number of amides is 3. The number of urea groups is 1. The van der Waals surface area contributed by atoms with Crippen LogP contribution in [0.2, 0.25) is 0 Å². The number of imide groups is 1. The van der Waals surface area contributed by atoms with E-state index in [0.29, 0.717) is 18.7 Å². The Morgan fingerprint density at radius 2 is 1.96 bits per heavy atom. The molecule has 7 heteroatoms. The molecule has 7 nitrogen and oxygen atoms in total. The van der Waals surface area contributed by atoms with Crippen molar-refractivity contribution < 1.29 is 14.1 Å². The summed E-state index contributed by atoms with van der Waals surface area (Å²) in [5.74, 6) is 0.558. The molecule has 1 N–H and O–H groups in total. The van der Waals surface area contributed by atoms with Gasteiger partial charge in [0.05, 0.1) is 0 Å². The summed E-state index contributed by atoms with van der Waals surface area (Å²) in [6.07, 6.45) is 2.06. The van der Waals surface area contributed by atoms with Gasteiger partial charge in [-0.1, -0.05) is 49.3 Å². The van der Waals surface area contributed by atoms with Gasteiger partial charge >= 0.3 is 6.03 Å². The summed E-state index contributed by atoms with van der Waals surface area (Å²) in [4.78, 5) is 30.7. The summed E-state index contributed by atoms with van der Waals surface area (Å²) < 4.78 is 5.15. The third-order valence-electron chi connectivity index (χ3n) is 4.25. The Kier molecular flexibility index (Phi) is 4.33. The number of benzene rings is 1. The number of carbonyl (C=O) groups is 2. The second-order valence-electron chi connectivity index (χ2n) is 5.80. The van der Waals surface area contributed by atoms with Crippen molar-refractivity contribution in [2.75, 3.05) is 0 Å². The minimum atomic E-state index is -1.04. The van der Waals surface area contributed by atoms with E-state index in [2.05, 4.69) is 15.5 Å². The molecule has 1 aromatic carbocycles. The summed E-state index contributed by atoms with van der Waals surface area (Å²) in [6, 6.07) is 8.82. The van der Waals surface area contributed by atoms with E-state index in [-0.39, 0.29) is 18.3 Å². The van der Waals surface area contributed by atoms with Crippen molar-refractivity contribution in [3.63, 3.8) is 0 Å². The van der Waals surface area contributed by atoms with Crippen LogP contribution in [0.15, 0.2) is 34.9 Å². The van der Waals surface area contributed by atoms with Crippen molar-refractivity contribution in [1.82, 2.24) is 20.4 Å². The van der Waals surface area contributed by atoms with Crippen molar-refractivity contribution in [3.05, 3.63) is 47.6 Å². The van der Waals surface area contributed by atoms with Crippen LogP contribution < -0.4 is 5.32 Å². The minimum absolute atomic E-state index is 0.0179. The highest BCUT2D eigenvalue weighted by atomic mass is 16.5. The molecule has 0 aliphatic carbocycles. The summed E-state index contributed by atoms with van der Waals surface area (Å²) >= 11 is 0. The zero-order chi connectivity index (χ0) is 17.2. The lowest BCUT2D eigenvalue weighted by molar-refractivity contribution is -0.132. The average molecular weight is 328 g/mol. The van der Waals surface area contributed by atoms with Gasteiger partial charge in [0.1, 0.15) is 12.1 Å². The number of carbonyl (C=O) groups excluding carboxylic acids is 2. The van der Waals surface area contributed by atoms with Crippen LogP contribution in [-0.2, 0) is 23.3 Å². The van der Waals surface area contributed by atoms with E-state index in [1.807, 2.05) is 44.2 Å². The average Bonchev–Trinajstić information content (AvgIpc) is 3.14. The van der Waals surface area contributed by atoms with Crippen LogP contribution in [0.1, 0.15) is 44.0 Å². The van der Waals surface area contributed by atoms with Gasteiger partial charge in [0.15, 0.2) is 5.82 Å². The maximum Gasteiger partial charge on any atom is 0.325 e. The number of aryl methyl sites for hydroxylation is 1. The van der Waals surface area contributed by atoms with Gasteiger partial charge in [-0.25, -0.2) is 4.79 Å². The molecule has 126 valence electrons. The number of rotatable bonds is 6. The molecular weight excluding hydrogens is 308 g/mol. The fourth-order valence-corrected chi connectivity index (χ4v) is 2.95. The van der Waals surface area contributed by atoms with Gasteiger partial charge in [0, 0.05) is 6.42 Å². The molecule has 24 heavy (non-hydrogen) atoms. The maximum absolute atomic E-state index is 13.0. The van der Waals surface area contributed by atoms with Crippen molar-refractivity contribution in [3.8, 4) is 0 Å². The Morgan fingerprint density at radius 1 is 1.21 bits per heavy atom. The molecule has 2 heterocycles. The van der Waals surface area contributed by atoms with Gasteiger partial charge in [-0.05, 0) is 18.4 Å². The SMILES string of the molecule is CCCc1noc(CN2C(=O)N[C@](CC)(c3ccccc3)C2=O)n1. The first-order valence-corrected chi connectivity index (χ1v) is 8.11. The third-order valence-corrected chi connectivity index (χ3v) is 4.25. The zero-order valence-corrected chi connectivity index (χ0v) is 13.8. The second kappa shape index (κ2) is 6.43. The van der Waals surface area contributed by atoms with E-state index in [9.17, 15) is 9.59 Å². The van der Waals surface area contributed by atoms with Crippen molar-refractivity contribution in [2.24, 2.45) is 0 Å². The standard InChI is InChI=1S/C17H20N4O3/c1-3-8-13-18-14(24-20-13)11-21-15(22)17(4-2,19-16(21)23)12-9-6-5-7-10-12/h5-7,9-10H,3-4,8,11H2,1-2H3,(H,19,23)/t17-/m1/s1. The highest BCUT2D eigenvalue weighted by Gasteiger charge is 2.51. The molecule has 0 saturated carbocycles. The maximum atomic E-state index is 13.0. The van der Waals surface area contributed by atoms with Crippen LogP contribution in [0.5, 0.6) is 0 Å². The van der Waals surface area contributed by atoms with Gasteiger partial charge in [-0.15, -0.1) is 0 Å². The van der Waals surface area contributed by atoms with Crippen LogP contribution in [-0.4, -0.2) is 27.0 Å². The van der Waals surface area contributed by atoms with E-state index < -0.39 is 11.6 Å². The molecule has 0 bridgehead atoms. The quantitative estimate of drug-likeness (QED) is 0.823. The van der Waals surface area contributed by atoms with E-state index in [1.54, 1.807) is 0 Å². The first-order chi connectivity index (χ1) is 11.6. The predicted octanol–water partition coefficient (Wildman–Crippen LogP) is 2.38. The molecule has 1 aliphatic heterocycles. The lowest BCUT2D eigenvalue weighted by Gasteiger charge is -2.25. The largest absolute Gasteiger partial charge is 0.337 e. The molecule has 1 atom stereocenters. The van der Waals surface area contributed by atoms with E-state index in [1.165, 1.54) is 0 Å². The molecule has 3 rings (SSSR count). The Labute approximate surface area is 140 Å². The lowest BCUT2D eigenvalue weighted by Crippen LogP contribution is -2.43. The van der Waals surface area contributed by atoms with Gasteiger partial charge < -0.3 is 9.84 Å². The molecule has 3 amide bonds. The lowest BCUT2D eigenvalue weighted by atomic mass is 9.87. The van der Waals surface area contributed by atoms with Crippen LogP contribution in [0.25, 0.3) is 0 Å². The smallest absolute Gasteiger partial charge is 0.325 e. The molecule has 0 radical (unpaired) electrons. The molecule has 2 aromatic rings. The highest BCUT2D eigenvalue weighted by molar-refractivity contribution is 6.07.